The molecule has 31 heavy (non-hydrogen) atoms. The summed E-state index contributed by atoms with van der Waals surface area (Å²) in [5.74, 6) is 0.741. The van der Waals surface area contributed by atoms with Crippen molar-refractivity contribution in [3.05, 3.63) is 48.0 Å². The Balaban J connectivity index is 1.65. The van der Waals surface area contributed by atoms with Crippen molar-refractivity contribution in [1.29, 1.82) is 0 Å². The fourth-order valence-corrected chi connectivity index (χ4v) is 6.74. The molecule has 7 heteroatoms. The first kappa shape index (κ1) is 20.5. The maximum atomic E-state index is 13.4. The van der Waals surface area contributed by atoms with Gasteiger partial charge in [-0.25, -0.2) is 12.4 Å². The number of methoxy groups -OCH3 is 1. The second-order valence-corrected chi connectivity index (χ2v) is 10.5. The molecule has 0 saturated carbocycles. The van der Waals surface area contributed by atoms with Crippen molar-refractivity contribution in [2.24, 2.45) is 0 Å². The van der Waals surface area contributed by atoms with Crippen LogP contribution in [0, 0.1) is 0 Å². The van der Waals surface area contributed by atoms with Crippen LogP contribution in [0.25, 0.3) is 22.2 Å². The molecule has 1 fully saturated rings. The Morgan fingerprint density at radius 1 is 1.03 bits per heavy atom. The molecule has 2 aliphatic rings. The first-order chi connectivity index (χ1) is 14.9. The Morgan fingerprint density at radius 2 is 1.84 bits per heavy atom. The summed E-state index contributed by atoms with van der Waals surface area (Å²) in [6, 6.07) is 13.6. The molecule has 3 aromatic rings. The van der Waals surface area contributed by atoms with Crippen molar-refractivity contribution in [3.8, 4) is 17.0 Å². The zero-order valence-corrected chi connectivity index (χ0v) is 19.2. The van der Waals surface area contributed by atoms with E-state index in [1.807, 2.05) is 30.3 Å². The summed E-state index contributed by atoms with van der Waals surface area (Å²) < 4.78 is 33.9. The van der Waals surface area contributed by atoms with Gasteiger partial charge in [0.25, 0.3) is 10.0 Å². The minimum Gasteiger partial charge on any atom is -0.497 e. The second kappa shape index (κ2) is 7.65. The first-order valence-corrected chi connectivity index (χ1v) is 12.4. The average molecular weight is 440 g/mol. The molecule has 0 amide bonds. The molecule has 0 spiro atoms. The molecule has 0 radical (unpaired) electrons. The van der Waals surface area contributed by atoms with Gasteiger partial charge in [-0.3, -0.25) is 9.80 Å². The van der Waals surface area contributed by atoms with Crippen LogP contribution in [0.1, 0.15) is 25.8 Å². The number of benzene rings is 2. The largest absolute Gasteiger partial charge is 0.497 e. The maximum Gasteiger partial charge on any atom is 0.269 e. The molecule has 2 aromatic carbocycles. The van der Waals surface area contributed by atoms with Crippen LogP contribution in [-0.2, 0) is 16.6 Å². The third kappa shape index (κ3) is 3.26. The number of hydrogen-bond donors (Lipinski definition) is 0. The Kier molecular flexibility index (Phi) is 5.07. The first-order valence-electron chi connectivity index (χ1n) is 10.9. The van der Waals surface area contributed by atoms with Gasteiger partial charge in [0.2, 0.25) is 0 Å². The van der Waals surface area contributed by atoms with Crippen molar-refractivity contribution in [2.75, 3.05) is 33.3 Å². The second-order valence-electron chi connectivity index (χ2n) is 8.74. The quantitative estimate of drug-likeness (QED) is 0.484. The third-order valence-corrected chi connectivity index (χ3v) is 8.40. The van der Waals surface area contributed by atoms with Crippen LogP contribution in [0.2, 0.25) is 0 Å². The lowest BCUT2D eigenvalue weighted by Crippen LogP contribution is -2.35. The summed E-state index contributed by atoms with van der Waals surface area (Å²) in [5.41, 5.74) is 3.40. The molecule has 0 unspecified atom stereocenters. The van der Waals surface area contributed by atoms with Crippen LogP contribution in [0.4, 0.5) is 0 Å². The Labute approximate surface area is 184 Å². The van der Waals surface area contributed by atoms with Gasteiger partial charge in [0.1, 0.15) is 5.75 Å². The van der Waals surface area contributed by atoms with Gasteiger partial charge in [0, 0.05) is 42.2 Å². The Bertz CT molecular complexity index is 1250. The monoisotopic (exact) mass is 439 g/mol. The molecular weight excluding hydrogens is 410 g/mol. The van der Waals surface area contributed by atoms with Gasteiger partial charge in [-0.15, -0.1) is 0 Å². The van der Waals surface area contributed by atoms with Gasteiger partial charge in [0.05, 0.1) is 23.2 Å². The van der Waals surface area contributed by atoms with E-state index in [4.69, 9.17) is 4.74 Å². The highest BCUT2D eigenvalue weighted by molar-refractivity contribution is 7.90. The van der Waals surface area contributed by atoms with Crippen LogP contribution in [0.5, 0.6) is 5.75 Å². The molecule has 3 heterocycles. The highest BCUT2D eigenvalue weighted by Crippen LogP contribution is 2.45. The van der Waals surface area contributed by atoms with Gasteiger partial charge in [-0.05, 0) is 57.6 Å². The number of rotatable bonds is 4. The van der Waals surface area contributed by atoms with Gasteiger partial charge in [-0.2, -0.15) is 0 Å². The van der Waals surface area contributed by atoms with E-state index in [1.165, 1.54) is 0 Å². The summed E-state index contributed by atoms with van der Waals surface area (Å²) in [6.07, 6.45) is 1.12. The highest BCUT2D eigenvalue weighted by Gasteiger charge is 2.37. The fourth-order valence-electron chi connectivity index (χ4n) is 4.99. The number of aromatic nitrogens is 1. The molecule has 0 N–H and O–H groups in total. The molecule has 2 aliphatic heterocycles. The SMILES string of the molecule is COc1ccc2c(c1)c(CN1CCCN(C(C)C)CC1)c1n2S(=O)(=O)c2ccccc2-1. The topological polar surface area (TPSA) is 54.8 Å². The van der Waals surface area contributed by atoms with Gasteiger partial charge >= 0.3 is 0 Å². The molecule has 164 valence electrons. The summed E-state index contributed by atoms with van der Waals surface area (Å²) >= 11 is 0. The van der Waals surface area contributed by atoms with E-state index < -0.39 is 10.0 Å². The lowest BCUT2D eigenvalue weighted by Gasteiger charge is -2.25. The molecule has 0 bridgehead atoms. The third-order valence-electron chi connectivity index (χ3n) is 6.63. The number of fused-ring (bicyclic) bond motifs is 5. The van der Waals surface area contributed by atoms with Crippen molar-refractivity contribution >= 4 is 20.9 Å². The lowest BCUT2D eigenvalue weighted by molar-refractivity contribution is 0.218. The fraction of sp³-hybridized carbons (Fsp3) is 0.417. The van der Waals surface area contributed by atoms with Crippen LogP contribution < -0.4 is 4.74 Å². The minimum absolute atomic E-state index is 0.394. The van der Waals surface area contributed by atoms with E-state index >= 15 is 0 Å². The molecule has 5 rings (SSSR count). The average Bonchev–Trinajstić information content (AvgIpc) is 3.05. The molecule has 6 nitrogen and oxygen atoms in total. The molecular formula is C24H29N3O3S. The van der Waals surface area contributed by atoms with Crippen LogP contribution in [0.3, 0.4) is 0 Å². The summed E-state index contributed by atoms with van der Waals surface area (Å²) in [6.45, 7) is 9.34. The zero-order chi connectivity index (χ0) is 21.8. The summed E-state index contributed by atoms with van der Waals surface area (Å²) in [4.78, 5) is 5.38. The lowest BCUT2D eigenvalue weighted by atomic mass is 10.0. The number of nitrogens with zero attached hydrogens (tertiary/aromatic N) is 3. The summed E-state index contributed by atoms with van der Waals surface area (Å²) in [5, 5.41) is 0.956. The maximum absolute atomic E-state index is 13.4. The Hall–Kier alpha value is -2.35. The van der Waals surface area contributed by atoms with Crippen molar-refractivity contribution in [1.82, 2.24) is 13.8 Å². The molecule has 1 aromatic heterocycles. The van der Waals surface area contributed by atoms with Crippen molar-refractivity contribution in [3.63, 3.8) is 0 Å². The van der Waals surface area contributed by atoms with E-state index in [9.17, 15) is 8.42 Å². The molecule has 0 atom stereocenters. The standard InChI is InChI=1S/C24H29N3O3S/c1-17(2)26-12-6-11-25(13-14-26)16-21-20-15-18(30-3)9-10-22(20)27-24(21)19-7-4-5-8-23(19)31(27,28)29/h4-5,7-10,15,17H,6,11-14,16H2,1-3H3. The van der Waals surface area contributed by atoms with Gasteiger partial charge < -0.3 is 4.74 Å². The van der Waals surface area contributed by atoms with E-state index in [1.54, 1.807) is 23.2 Å². The smallest absolute Gasteiger partial charge is 0.269 e. The van der Waals surface area contributed by atoms with E-state index in [0.717, 1.165) is 72.6 Å². The predicted octanol–water partition coefficient (Wildman–Crippen LogP) is 3.78. The normalized spacial score (nSPS) is 18.8. The van der Waals surface area contributed by atoms with E-state index in [-0.39, 0.29) is 0 Å². The zero-order valence-electron chi connectivity index (χ0n) is 18.3. The number of ether oxygens (including phenoxy) is 1. The Morgan fingerprint density at radius 3 is 2.61 bits per heavy atom. The van der Waals surface area contributed by atoms with Crippen LogP contribution >= 0.6 is 0 Å². The van der Waals surface area contributed by atoms with E-state index in [0.29, 0.717) is 10.9 Å². The predicted molar refractivity (Wildman–Crippen MR) is 123 cm³/mol. The van der Waals surface area contributed by atoms with Gasteiger partial charge in [0.15, 0.2) is 0 Å². The van der Waals surface area contributed by atoms with E-state index in [2.05, 4.69) is 23.6 Å². The van der Waals surface area contributed by atoms with Crippen molar-refractivity contribution in [2.45, 2.75) is 37.8 Å². The molecule has 1 saturated heterocycles. The number of hydrogen-bond acceptors (Lipinski definition) is 5. The minimum atomic E-state index is -3.61. The molecule has 0 aliphatic carbocycles. The van der Waals surface area contributed by atoms with Crippen molar-refractivity contribution < 1.29 is 13.2 Å². The van der Waals surface area contributed by atoms with Gasteiger partial charge in [-0.1, -0.05) is 18.2 Å². The highest BCUT2D eigenvalue weighted by atomic mass is 32.2. The van der Waals surface area contributed by atoms with Crippen LogP contribution in [-0.4, -0.2) is 61.5 Å². The van der Waals surface area contributed by atoms with Crippen LogP contribution in [0.15, 0.2) is 47.4 Å². The summed E-state index contributed by atoms with van der Waals surface area (Å²) in [7, 11) is -1.96.